The van der Waals surface area contributed by atoms with Crippen molar-refractivity contribution in [3.05, 3.63) is 12.7 Å². The van der Waals surface area contributed by atoms with Gasteiger partial charge in [0.25, 0.3) is 0 Å². The maximum Gasteiger partial charge on any atom is 0.508 e. The van der Waals surface area contributed by atoms with Gasteiger partial charge in [-0.25, -0.2) is 14.4 Å². The van der Waals surface area contributed by atoms with Crippen LogP contribution in [0.25, 0.3) is 0 Å². The Kier molecular flexibility index (Phi) is 9.17. The van der Waals surface area contributed by atoms with Crippen LogP contribution in [0.5, 0.6) is 0 Å². The first kappa shape index (κ1) is 18.7. The fraction of sp³-hybridized carbons (Fsp3) is 0.615. The summed E-state index contributed by atoms with van der Waals surface area (Å²) in [6, 6.07) is 0. The molecule has 0 unspecified atom stereocenters. The number of hydrogen-bond donors (Lipinski definition) is 0. The third-order valence-corrected chi connectivity index (χ3v) is 2.27. The first-order valence-corrected chi connectivity index (χ1v) is 6.69. The van der Waals surface area contributed by atoms with Gasteiger partial charge < -0.3 is 33.2 Å². The van der Waals surface area contributed by atoms with Crippen LogP contribution in [0.1, 0.15) is 0 Å². The Morgan fingerprint density at radius 3 is 2.00 bits per heavy atom. The average molecular weight is 334 g/mol. The molecule has 23 heavy (non-hydrogen) atoms. The van der Waals surface area contributed by atoms with Gasteiger partial charge >= 0.3 is 18.3 Å². The zero-order valence-electron chi connectivity index (χ0n) is 12.4. The number of carbonyl (C=O) groups excluding carboxylic acids is 3. The zero-order valence-corrected chi connectivity index (χ0v) is 12.4. The average Bonchev–Trinajstić information content (AvgIpc) is 2.56. The fourth-order valence-electron chi connectivity index (χ4n) is 1.32. The molecule has 0 aromatic rings. The van der Waals surface area contributed by atoms with Crippen molar-refractivity contribution in [2.45, 2.75) is 6.10 Å². The monoisotopic (exact) mass is 334 g/mol. The summed E-state index contributed by atoms with van der Waals surface area (Å²) in [6.07, 6.45) is -1.44. The molecule has 0 radical (unpaired) electrons. The van der Waals surface area contributed by atoms with Crippen LogP contribution in [-0.2, 0) is 38.0 Å². The minimum Gasteiger partial charge on any atom is -0.459 e. The molecule has 130 valence electrons. The molecule has 0 amide bonds. The van der Waals surface area contributed by atoms with Gasteiger partial charge in [0.15, 0.2) is 6.10 Å². The van der Waals surface area contributed by atoms with Crippen LogP contribution in [-0.4, -0.2) is 70.8 Å². The van der Waals surface area contributed by atoms with Gasteiger partial charge in [0.1, 0.15) is 33.2 Å². The Hall–Kier alpha value is -2.33. The van der Waals surface area contributed by atoms with Crippen molar-refractivity contribution < 1.29 is 47.5 Å². The topological polar surface area (TPSA) is 116 Å². The summed E-state index contributed by atoms with van der Waals surface area (Å²) in [6.45, 7) is 3.14. The van der Waals surface area contributed by atoms with E-state index >= 15 is 0 Å². The highest BCUT2D eigenvalue weighted by Gasteiger charge is 2.19. The molecule has 0 spiro atoms. The zero-order chi connectivity index (χ0) is 16.9. The summed E-state index contributed by atoms with van der Waals surface area (Å²) < 4.78 is 33.2. The van der Waals surface area contributed by atoms with E-state index in [2.05, 4.69) is 25.5 Å². The van der Waals surface area contributed by atoms with Crippen LogP contribution in [0, 0.1) is 0 Å². The molecule has 1 aliphatic rings. The fourth-order valence-corrected chi connectivity index (χ4v) is 1.32. The number of rotatable bonds is 8. The molecule has 1 saturated heterocycles. The number of carbonyl (C=O) groups is 3. The lowest BCUT2D eigenvalue weighted by Gasteiger charge is -2.21. The largest absolute Gasteiger partial charge is 0.508 e. The minimum atomic E-state index is -0.981. The van der Waals surface area contributed by atoms with Crippen LogP contribution < -0.4 is 0 Å². The summed E-state index contributed by atoms with van der Waals surface area (Å²) in [5.74, 6) is -0.623. The van der Waals surface area contributed by atoms with Gasteiger partial charge in [-0.3, -0.25) is 0 Å². The lowest BCUT2D eigenvalue weighted by atomic mass is 10.4. The molecule has 0 bridgehead atoms. The van der Waals surface area contributed by atoms with E-state index in [4.69, 9.17) is 14.2 Å². The number of ether oxygens (including phenoxy) is 7. The van der Waals surface area contributed by atoms with Gasteiger partial charge in [-0.1, -0.05) is 6.58 Å². The first-order chi connectivity index (χ1) is 11.1. The maximum atomic E-state index is 11.3. The molecule has 1 fully saturated rings. The number of hydrogen-bond acceptors (Lipinski definition) is 10. The molecule has 0 aliphatic carbocycles. The molecule has 0 atom stereocenters. The summed E-state index contributed by atoms with van der Waals surface area (Å²) in [7, 11) is 0. The SMILES string of the molecule is C=CC(=O)OCCOC(=O)OCCOC(=O)OC1COCOC1. The van der Waals surface area contributed by atoms with Gasteiger partial charge in [0.2, 0.25) is 0 Å². The summed E-state index contributed by atoms with van der Waals surface area (Å²) in [4.78, 5) is 33.1. The van der Waals surface area contributed by atoms with Crippen LogP contribution in [0.3, 0.4) is 0 Å². The maximum absolute atomic E-state index is 11.3. The third-order valence-electron chi connectivity index (χ3n) is 2.27. The second-order valence-electron chi connectivity index (χ2n) is 4.02. The smallest absolute Gasteiger partial charge is 0.459 e. The van der Waals surface area contributed by atoms with Gasteiger partial charge in [-0.15, -0.1) is 0 Å². The van der Waals surface area contributed by atoms with Crippen molar-refractivity contribution in [2.75, 3.05) is 46.4 Å². The van der Waals surface area contributed by atoms with Crippen molar-refractivity contribution >= 4 is 18.3 Å². The van der Waals surface area contributed by atoms with E-state index < -0.39 is 24.4 Å². The molecule has 10 heteroatoms. The van der Waals surface area contributed by atoms with Crippen LogP contribution in [0.4, 0.5) is 9.59 Å². The molecular formula is C13H18O10. The van der Waals surface area contributed by atoms with E-state index in [1.807, 2.05) is 0 Å². The predicted molar refractivity (Wildman–Crippen MR) is 71.4 cm³/mol. The van der Waals surface area contributed by atoms with Crippen molar-refractivity contribution in [3.8, 4) is 0 Å². The van der Waals surface area contributed by atoms with E-state index in [0.717, 1.165) is 6.08 Å². The Balaban J connectivity index is 1.96. The van der Waals surface area contributed by atoms with E-state index in [1.54, 1.807) is 0 Å². The Morgan fingerprint density at radius 2 is 1.43 bits per heavy atom. The van der Waals surface area contributed by atoms with Gasteiger partial charge in [0.05, 0.1) is 13.2 Å². The third kappa shape index (κ3) is 9.32. The quantitative estimate of drug-likeness (QED) is 0.267. The standard InChI is InChI=1S/C13H18O10/c1-2-11(14)19-3-4-20-12(15)21-5-6-22-13(16)23-10-7-17-9-18-8-10/h2,10H,1,3-9H2. The second kappa shape index (κ2) is 11.3. The van der Waals surface area contributed by atoms with Crippen LogP contribution >= 0.6 is 0 Å². The van der Waals surface area contributed by atoms with E-state index in [1.165, 1.54) is 0 Å². The Bertz CT molecular complexity index is 402. The minimum absolute atomic E-state index is 0.117. The highest BCUT2D eigenvalue weighted by atomic mass is 16.8. The van der Waals surface area contributed by atoms with Crippen molar-refractivity contribution in [1.82, 2.24) is 0 Å². The van der Waals surface area contributed by atoms with Gasteiger partial charge in [0, 0.05) is 6.08 Å². The van der Waals surface area contributed by atoms with Crippen molar-refractivity contribution in [3.63, 3.8) is 0 Å². The lowest BCUT2D eigenvalue weighted by molar-refractivity contribution is -0.158. The van der Waals surface area contributed by atoms with E-state index in [-0.39, 0.29) is 46.4 Å². The molecule has 0 saturated carbocycles. The molecule has 1 aliphatic heterocycles. The molecular weight excluding hydrogens is 316 g/mol. The molecule has 0 aromatic carbocycles. The van der Waals surface area contributed by atoms with E-state index in [9.17, 15) is 14.4 Å². The van der Waals surface area contributed by atoms with Crippen LogP contribution in [0.2, 0.25) is 0 Å². The highest BCUT2D eigenvalue weighted by Crippen LogP contribution is 2.03. The molecule has 0 aromatic heterocycles. The van der Waals surface area contributed by atoms with Gasteiger partial charge in [-0.2, -0.15) is 0 Å². The molecule has 1 heterocycles. The number of esters is 1. The van der Waals surface area contributed by atoms with Crippen LogP contribution in [0.15, 0.2) is 12.7 Å². The molecule has 10 nitrogen and oxygen atoms in total. The predicted octanol–water partition coefficient (Wildman–Crippen LogP) is 0.395. The second-order valence-corrected chi connectivity index (χ2v) is 4.02. The Labute approximate surface area is 132 Å². The Morgan fingerprint density at radius 1 is 0.913 bits per heavy atom. The molecule has 0 N–H and O–H groups in total. The highest BCUT2D eigenvalue weighted by molar-refractivity contribution is 5.81. The summed E-state index contributed by atoms with van der Waals surface area (Å²) in [5, 5.41) is 0. The first-order valence-electron chi connectivity index (χ1n) is 6.69. The van der Waals surface area contributed by atoms with Crippen molar-refractivity contribution in [2.24, 2.45) is 0 Å². The van der Waals surface area contributed by atoms with Gasteiger partial charge in [-0.05, 0) is 0 Å². The van der Waals surface area contributed by atoms with E-state index in [0.29, 0.717) is 0 Å². The molecule has 1 rings (SSSR count). The summed E-state index contributed by atoms with van der Waals surface area (Å²) in [5.41, 5.74) is 0. The summed E-state index contributed by atoms with van der Waals surface area (Å²) >= 11 is 0. The van der Waals surface area contributed by atoms with Crippen molar-refractivity contribution in [1.29, 1.82) is 0 Å². The normalized spacial score (nSPS) is 14.4. The lowest BCUT2D eigenvalue weighted by Crippen LogP contribution is -2.33.